The van der Waals surface area contributed by atoms with Gasteiger partial charge < -0.3 is 10.6 Å². The minimum Gasteiger partial charge on any atom is -0.343 e. The average molecular weight is 226 g/mol. The van der Waals surface area contributed by atoms with Gasteiger partial charge in [0.2, 0.25) is 11.8 Å². The zero-order chi connectivity index (χ0) is 12.3. The van der Waals surface area contributed by atoms with Gasteiger partial charge in [-0.25, -0.2) is 0 Å². The van der Waals surface area contributed by atoms with Crippen LogP contribution in [0.4, 0.5) is 0 Å². The van der Waals surface area contributed by atoms with Crippen LogP contribution in [0.2, 0.25) is 0 Å². The molecule has 1 saturated heterocycles. The third-order valence-corrected chi connectivity index (χ3v) is 2.91. The Morgan fingerprint density at radius 3 is 2.19 bits per heavy atom. The minimum absolute atomic E-state index is 0.0426. The van der Waals surface area contributed by atoms with Crippen LogP contribution in [0.5, 0.6) is 0 Å². The Bertz CT molecular complexity index is 274. The van der Waals surface area contributed by atoms with Crippen LogP contribution in [-0.2, 0) is 9.59 Å². The molecule has 2 atom stereocenters. The fourth-order valence-corrected chi connectivity index (χ4v) is 1.82. The smallest absolute Gasteiger partial charge is 0.243 e. The lowest BCUT2D eigenvalue weighted by molar-refractivity contribution is -0.138. The van der Waals surface area contributed by atoms with E-state index in [0.717, 1.165) is 12.8 Å². The highest BCUT2D eigenvalue weighted by Gasteiger charge is 2.34. The largest absolute Gasteiger partial charge is 0.343 e. The normalized spacial score (nSPS) is 25.9. The molecule has 0 aliphatic carbocycles. The molecule has 92 valence electrons. The Labute approximate surface area is 97.2 Å². The first-order chi connectivity index (χ1) is 7.41. The molecule has 1 aliphatic rings. The van der Waals surface area contributed by atoms with Crippen LogP contribution in [0, 0.1) is 11.8 Å². The summed E-state index contributed by atoms with van der Waals surface area (Å²) in [6.45, 7) is 8.08. The molecule has 0 saturated carbocycles. The van der Waals surface area contributed by atoms with Crippen LogP contribution in [0.3, 0.4) is 0 Å². The molecule has 1 rings (SSSR count). The summed E-state index contributed by atoms with van der Waals surface area (Å²) >= 11 is 0. The molecule has 0 aromatic heterocycles. The second-order valence-electron chi connectivity index (χ2n) is 5.26. The van der Waals surface area contributed by atoms with E-state index in [1.54, 1.807) is 0 Å². The molecular formula is C12H22N2O2. The summed E-state index contributed by atoms with van der Waals surface area (Å²) in [6, 6.07) is -0.715. The summed E-state index contributed by atoms with van der Waals surface area (Å²) in [6.07, 6.45) is 1.67. The lowest BCUT2D eigenvalue weighted by Crippen LogP contribution is -2.63. The van der Waals surface area contributed by atoms with E-state index in [1.807, 2.05) is 13.8 Å². The maximum Gasteiger partial charge on any atom is 0.243 e. The van der Waals surface area contributed by atoms with Crippen LogP contribution in [0.25, 0.3) is 0 Å². The molecule has 0 aromatic rings. The third kappa shape index (κ3) is 3.22. The molecule has 4 nitrogen and oxygen atoms in total. The Morgan fingerprint density at radius 1 is 1.06 bits per heavy atom. The number of hydrogen-bond acceptors (Lipinski definition) is 2. The van der Waals surface area contributed by atoms with Crippen molar-refractivity contribution in [3.63, 3.8) is 0 Å². The van der Waals surface area contributed by atoms with Crippen molar-refractivity contribution in [2.45, 2.75) is 52.6 Å². The number of rotatable bonds is 4. The Hall–Kier alpha value is -1.06. The summed E-state index contributed by atoms with van der Waals surface area (Å²) in [5.41, 5.74) is 0. The van der Waals surface area contributed by atoms with Gasteiger partial charge in [-0.05, 0) is 24.7 Å². The van der Waals surface area contributed by atoms with Gasteiger partial charge in [0.15, 0.2) is 0 Å². The Morgan fingerprint density at radius 2 is 1.69 bits per heavy atom. The molecular weight excluding hydrogens is 204 g/mol. The molecule has 16 heavy (non-hydrogen) atoms. The van der Waals surface area contributed by atoms with Crippen molar-refractivity contribution in [2.75, 3.05) is 0 Å². The Kier molecular flexibility index (Phi) is 4.33. The number of amides is 2. The van der Waals surface area contributed by atoms with E-state index in [4.69, 9.17) is 0 Å². The van der Waals surface area contributed by atoms with E-state index in [-0.39, 0.29) is 29.8 Å². The summed E-state index contributed by atoms with van der Waals surface area (Å²) < 4.78 is 0. The standard InChI is InChI=1S/C12H22N2O2/c1-7(2)5-6-9-11(15)14-10(8(3)4)12(16)13-9/h7-10H,5-6H2,1-4H3,(H,13,16)(H,14,15)/t9-,10-/m0/s1. The van der Waals surface area contributed by atoms with Gasteiger partial charge in [0, 0.05) is 0 Å². The molecule has 1 aliphatic heterocycles. The van der Waals surface area contributed by atoms with E-state index in [1.165, 1.54) is 0 Å². The molecule has 2 amide bonds. The van der Waals surface area contributed by atoms with E-state index < -0.39 is 0 Å². The zero-order valence-electron chi connectivity index (χ0n) is 10.5. The number of nitrogens with one attached hydrogen (secondary N) is 2. The van der Waals surface area contributed by atoms with Crippen molar-refractivity contribution in [1.82, 2.24) is 10.6 Å². The molecule has 1 fully saturated rings. The second-order valence-corrected chi connectivity index (χ2v) is 5.26. The number of carbonyl (C=O) groups is 2. The summed E-state index contributed by atoms with van der Waals surface area (Å²) in [7, 11) is 0. The van der Waals surface area contributed by atoms with Crippen LogP contribution < -0.4 is 10.6 Å². The first-order valence-corrected chi connectivity index (χ1v) is 6.02. The topological polar surface area (TPSA) is 58.2 Å². The summed E-state index contributed by atoms with van der Waals surface area (Å²) in [5, 5.41) is 5.59. The number of piperazine rings is 1. The lowest BCUT2D eigenvalue weighted by atomic mass is 9.96. The van der Waals surface area contributed by atoms with E-state index in [2.05, 4.69) is 24.5 Å². The maximum atomic E-state index is 11.7. The Balaban J connectivity index is 2.53. The first-order valence-electron chi connectivity index (χ1n) is 6.02. The monoisotopic (exact) mass is 226 g/mol. The van der Waals surface area contributed by atoms with Crippen LogP contribution in [0.15, 0.2) is 0 Å². The van der Waals surface area contributed by atoms with Gasteiger partial charge in [-0.2, -0.15) is 0 Å². The van der Waals surface area contributed by atoms with Gasteiger partial charge in [-0.15, -0.1) is 0 Å². The minimum atomic E-state index is -0.372. The van der Waals surface area contributed by atoms with Crippen molar-refractivity contribution in [3.8, 4) is 0 Å². The third-order valence-electron chi connectivity index (χ3n) is 2.91. The highest BCUT2D eigenvalue weighted by atomic mass is 16.2. The van der Waals surface area contributed by atoms with Gasteiger partial charge >= 0.3 is 0 Å². The molecule has 0 aromatic carbocycles. The van der Waals surface area contributed by atoms with E-state index in [9.17, 15) is 9.59 Å². The number of carbonyl (C=O) groups excluding carboxylic acids is 2. The average Bonchev–Trinajstić information content (AvgIpc) is 2.18. The molecule has 2 N–H and O–H groups in total. The fourth-order valence-electron chi connectivity index (χ4n) is 1.82. The van der Waals surface area contributed by atoms with E-state index >= 15 is 0 Å². The molecule has 0 bridgehead atoms. The van der Waals surface area contributed by atoms with Crippen molar-refractivity contribution in [2.24, 2.45) is 11.8 Å². The molecule has 0 unspecified atom stereocenters. The summed E-state index contributed by atoms with van der Waals surface area (Å²) in [4.78, 5) is 23.5. The van der Waals surface area contributed by atoms with Crippen LogP contribution in [0.1, 0.15) is 40.5 Å². The SMILES string of the molecule is CC(C)CC[C@@H]1NC(=O)[C@H](C(C)C)NC1=O. The lowest BCUT2D eigenvalue weighted by Gasteiger charge is -2.31. The van der Waals surface area contributed by atoms with Crippen molar-refractivity contribution in [1.29, 1.82) is 0 Å². The number of hydrogen-bond donors (Lipinski definition) is 2. The first kappa shape index (κ1) is 13.0. The van der Waals surface area contributed by atoms with Crippen LogP contribution in [-0.4, -0.2) is 23.9 Å². The van der Waals surface area contributed by atoms with E-state index in [0.29, 0.717) is 5.92 Å². The fraction of sp³-hybridized carbons (Fsp3) is 0.833. The maximum absolute atomic E-state index is 11.7. The molecule has 0 spiro atoms. The van der Waals surface area contributed by atoms with Crippen molar-refractivity contribution < 1.29 is 9.59 Å². The van der Waals surface area contributed by atoms with Gasteiger partial charge in [0.25, 0.3) is 0 Å². The predicted molar refractivity (Wildman–Crippen MR) is 62.8 cm³/mol. The van der Waals surface area contributed by atoms with Gasteiger partial charge in [0.05, 0.1) is 0 Å². The van der Waals surface area contributed by atoms with Gasteiger partial charge in [-0.3, -0.25) is 9.59 Å². The zero-order valence-corrected chi connectivity index (χ0v) is 10.5. The van der Waals surface area contributed by atoms with Crippen molar-refractivity contribution in [3.05, 3.63) is 0 Å². The van der Waals surface area contributed by atoms with Crippen molar-refractivity contribution >= 4 is 11.8 Å². The van der Waals surface area contributed by atoms with Gasteiger partial charge in [0.1, 0.15) is 12.1 Å². The predicted octanol–water partition coefficient (Wildman–Crippen LogP) is 1.06. The molecule has 1 heterocycles. The highest BCUT2D eigenvalue weighted by molar-refractivity contribution is 5.97. The summed E-state index contributed by atoms with van der Waals surface area (Å²) in [5.74, 6) is 0.588. The molecule has 4 heteroatoms. The van der Waals surface area contributed by atoms with Gasteiger partial charge in [-0.1, -0.05) is 27.7 Å². The highest BCUT2D eigenvalue weighted by Crippen LogP contribution is 2.12. The second kappa shape index (κ2) is 5.32. The quantitative estimate of drug-likeness (QED) is 0.753. The molecule has 0 radical (unpaired) electrons. The van der Waals surface area contributed by atoms with Crippen LogP contribution >= 0.6 is 0 Å².